The molecule has 0 saturated carbocycles. The summed E-state index contributed by atoms with van der Waals surface area (Å²) in [5, 5.41) is 17.6. The smallest absolute Gasteiger partial charge is 0.344 e. The normalized spacial score (nSPS) is 19.2. The molecular weight excluding hydrogens is 784 g/mol. The first kappa shape index (κ1) is 41.3. The van der Waals surface area contributed by atoms with Crippen LogP contribution in [0.15, 0.2) is 119 Å². The Morgan fingerprint density at radius 2 is 1.56 bits per heavy atom. The lowest BCUT2D eigenvalue weighted by molar-refractivity contribution is -0.439. The van der Waals surface area contributed by atoms with Gasteiger partial charge < -0.3 is 4.90 Å². The molecule has 0 bridgehead atoms. The van der Waals surface area contributed by atoms with Crippen molar-refractivity contribution >= 4 is 73.0 Å². The van der Waals surface area contributed by atoms with Crippen molar-refractivity contribution in [2.24, 2.45) is 0 Å². The average Bonchev–Trinajstić information content (AvgIpc) is 3.54. The Morgan fingerprint density at radius 1 is 0.860 bits per heavy atom. The molecule has 0 saturated heterocycles. The SMILES string of the molecule is CC1(C)C(=CC=C2CCCC(C=CC3=[N+](CCCOSOOO)c4ccc5ccccc5c4C3(C)C)=C2Cl)N(CCCOS(=O)(=O)O)c2ccc3ccccc3c21. The molecule has 57 heavy (non-hydrogen) atoms. The molecule has 0 fully saturated rings. The number of rotatable bonds is 15. The molecule has 1 aliphatic carbocycles. The largest absolute Gasteiger partial charge is 0.397 e. The van der Waals surface area contributed by atoms with E-state index in [1.165, 1.54) is 33.0 Å². The van der Waals surface area contributed by atoms with Crippen LogP contribution in [-0.4, -0.2) is 54.8 Å². The van der Waals surface area contributed by atoms with Gasteiger partial charge in [0.1, 0.15) is 0 Å². The Balaban J connectivity index is 1.22. The summed E-state index contributed by atoms with van der Waals surface area (Å²) in [6, 6.07) is 25.5. The van der Waals surface area contributed by atoms with Gasteiger partial charge in [-0.2, -0.15) is 13.0 Å². The van der Waals surface area contributed by atoms with Crippen molar-refractivity contribution in [3.63, 3.8) is 0 Å². The van der Waals surface area contributed by atoms with Crippen LogP contribution in [0.4, 0.5) is 11.4 Å². The van der Waals surface area contributed by atoms with E-state index < -0.39 is 10.4 Å². The molecule has 2 aliphatic heterocycles. The third-order valence-electron chi connectivity index (χ3n) is 11.3. The van der Waals surface area contributed by atoms with Gasteiger partial charge in [0, 0.05) is 52.5 Å². The van der Waals surface area contributed by atoms with E-state index in [-0.39, 0.29) is 17.4 Å². The lowest BCUT2D eigenvalue weighted by Crippen LogP contribution is -2.28. The van der Waals surface area contributed by atoms with Crippen molar-refractivity contribution in [1.82, 2.24) is 0 Å². The molecule has 0 unspecified atom stereocenters. The maximum atomic E-state index is 11.3. The third kappa shape index (κ3) is 8.52. The van der Waals surface area contributed by atoms with Crippen LogP contribution >= 0.6 is 23.9 Å². The van der Waals surface area contributed by atoms with E-state index in [1.54, 1.807) is 0 Å². The van der Waals surface area contributed by atoms with Crippen LogP contribution in [0, 0.1) is 0 Å². The molecule has 2 N–H and O–H groups in total. The zero-order valence-electron chi connectivity index (χ0n) is 32.5. The summed E-state index contributed by atoms with van der Waals surface area (Å²) >= 11 is 7.89. The molecule has 0 aromatic heterocycles. The van der Waals surface area contributed by atoms with Gasteiger partial charge in [-0.05, 0) is 96.0 Å². The molecule has 300 valence electrons. The highest BCUT2D eigenvalue weighted by Gasteiger charge is 2.45. The van der Waals surface area contributed by atoms with Crippen LogP contribution in [0.5, 0.6) is 0 Å². The molecule has 4 aromatic rings. The van der Waals surface area contributed by atoms with Crippen molar-refractivity contribution in [1.29, 1.82) is 0 Å². The minimum atomic E-state index is -4.53. The summed E-state index contributed by atoms with van der Waals surface area (Å²) < 4.78 is 48.5. The lowest BCUT2D eigenvalue weighted by atomic mass is 9.78. The van der Waals surface area contributed by atoms with Gasteiger partial charge in [0.05, 0.1) is 18.6 Å². The van der Waals surface area contributed by atoms with Gasteiger partial charge in [-0.15, -0.1) is 4.33 Å². The van der Waals surface area contributed by atoms with Crippen molar-refractivity contribution in [3.8, 4) is 0 Å². The van der Waals surface area contributed by atoms with Crippen molar-refractivity contribution in [3.05, 3.63) is 130 Å². The molecule has 13 heteroatoms. The fourth-order valence-electron chi connectivity index (χ4n) is 8.85. The fourth-order valence-corrected chi connectivity index (χ4v) is 9.75. The Hall–Kier alpha value is -3.82. The van der Waals surface area contributed by atoms with Crippen LogP contribution in [0.1, 0.15) is 70.9 Å². The topological polar surface area (TPSA) is 118 Å². The van der Waals surface area contributed by atoms with Gasteiger partial charge in [-0.25, -0.2) is 9.44 Å². The van der Waals surface area contributed by atoms with Crippen LogP contribution in [0.2, 0.25) is 0 Å². The van der Waals surface area contributed by atoms with E-state index in [0.29, 0.717) is 44.9 Å². The molecule has 0 radical (unpaired) electrons. The third-order valence-corrected chi connectivity index (χ3v) is 12.7. The predicted molar refractivity (Wildman–Crippen MR) is 228 cm³/mol. The summed E-state index contributed by atoms with van der Waals surface area (Å²) in [5.74, 6) is 0. The highest BCUT2D eigenvalue weighted by molar-refractivity contribution is 7.89. The van der Waals surface area contributed by atoms with Crippen LogP contribution in [-0.2, 0) is 39.0 Å². The molecule has 2 heterocycles. The minimum Gasteiger partial charge on any atom is -0.344 e. The van der Waals surface area contributed by atoms with E-state index in [9.17, 15) is 8.42 Å². The van der Waals surface area contributed by atoms with Gasteiger partial charge in [0.2, 0.25) is 5.69 Å². The molecule has 10 nitrogen and oxygen atoms in total. The number of hydrogen-bond donors (Lipinski definition) is 2. The summed E-state index contributed by atoms with van der Waals surface area (Å²) in [7, 11) is -4.53. The van der Waals surface area contributed by atoms with E-state index in [1.807, 2.05) is 6.07 Å². The summed E-state index contributed by atoms with van der Waals surface area (Å²) in [6.45, 7) is 10.4. The fraction of sp³-hybridized carbons (Fsp3) is 0.341. The molecule has 0 spiro atoms. The number of fused-ring (bicyclic) bond motifs is 6. The van der Waals surface area contributed by atoms with Crippen molar-refractivity contribution in [2.45, 2.75) is 70.6 Å². The first-order valence-corrected chi connectivity index (χ1v) is 21.6. The Labute approximate surface area is 343 Å². The predicted octanol–water partition coefficient (Wildman–Crippen LogP) is 10.8. The average molecular weight is 832 g/mol. The molecular formula is C44H48ClN2O8S2+. The van der Waals surface area contributed by atoms with E-state index in [4.69, 9.17) is 25.6 Å². The first-order chi connectivity index (χ1) is 27.3. The van der Waals surface area contributed by atoms with Crippen LogP contribution < -0.4 is 4.90 Å². The maximum Gasteiger partial charge on any atom is 0.397 e. The van der Waals surface area contributed by atoms with Crippen LogP contribution in [0.3, 0.4) is 0 Å². The number of anilines is 1. The highest BCUT2D eigenvalue weighted by atomic mass is 35.5. The summed E-state index contributed by atoms with van der Waals surface area (Å²) in [4.78, 5) is 2.24. The Bertz CT molecular complexity index is 2450. The van der Waals surface area contributed by atoms with E-state index in [2.05, 4.69) is 142 Å². The summed E-state index contributed by atoms with van der Waals surface area (Å²) in [5.41, 5.74) is 8.43. The van der Waals surface area contributed by atoms with Crippen LogP contribution in [0.25, 0.3) is 21.5 Å². The monoisotopic (exact) mass is 831 g/mol. The highest BCUT2D eigenvalue weighted by Crippen LogP contribution is 2.51. The Morgan fingerprint density at radius 3 is 2.28 bits per heavy atom. The number of halogens is 1. The van der Waals surface area contributed by atoms with Crippen molar-refractivity contribution in [2.75, 3.05) is 31.2 Å². The van der Waals surface area contributed by atoms with E-state index in [0.717, 1.165) is 57.9 Å². The standard InChI is InChI=1S/C44H47ClN2O8S2/c1-43(2)38(46(26-10-28-52-56-55-54-48)36-22-18-30-12-5-7-16-34(30)40(36)43)24-20-32-14-9-15-33(42(32)45)21-25-39-44(3,4)41-35-17-8-6-13-31(35)19-23-37(41)47(39)27-11-29-53-57(49,50)51/h5-8,12-13,16-25H,9-11,14-15,26-29H2,1-4H3,(H-,48,49,50,51)/p+1. The molecule has 3 aliphatic rings. The molecule has 0 atom stereocenters. The quantitative estimate of drug-likeness (QED) is 0.0299. The maximum absolute atomic E-state index is 11.3. The second-order valence-corrected chi connectivity index (χ2v) is 17.5. The van der Waals surface area contributed by atoms with Gasteiger partial charge in [0.15, 0.2) is 24.6 Å². The number of benzene rings is 4. The number of hydrogen-bond acceptors (Lipinski definition) is 9. The van der Waals surface area contributed by atoms with E-state index >= 15 is 0 Å². The second-order valence-electron chi connectivity index (χ2n) is 15.6. The molecule has 7 rings (SSSR count). The molecule has 4 aromatic carbocycles. The molecule has 0 amide bonds. The van der Waals surface area contributed by atoms with Gasteiger partial charge in [-0.3, -0.25) is 8.74 Å². The van der Waals surface area contributed by atoms with Crippen molar-refractivity contribution < 1.29 is 40.5 Å². The number of nitrogens with zero attached hydrogens (tertiary/aromatic N) is 2. The number of allylic oxidation sites excluding steroid dienone is 8. The lowest BCUT2D eigenvalue weighted by Gasteiger charge is -2.27. The first-order valence-electron chi connectivity index (χ1n) is 19.2. The zero-order chi connectivity index (χ0) is 40.4. The second kappa shape index (κ2) is 17.2. The van der Waals surface area contributed by atoms with Gasteiger partial charge in [-0.1, -0.05) is 97.2 Å². The van der Waals surface area contributed by atoms with Gasteiger partial charge >= 0.3 is 10.4 Å². The summed E-state index contributed by atoms with van der Waals surface area (Å²) in [6.07, 6.45) is 12.5. The van der Waals surface area contributed by atoms with Gasteiger partial charge in [0.25, 0.3) is 0 Å². The Kier molecular flexibility index (Phi) is 12.5. The minimum absolute atomic E-state index is 0.131. The zero-order valence-corrected chi connectivity index (χ0v) is 34.9.